The monoisotopic (exact) mass is 290 g/mol. The molecule has 0 aliphatic rings. The van der Waals surface area contributed by atoms with Gasteiger partial charge in [0.05, 0.1) is 22.8 Å². The van der Waals surface area contributed by atoms with Crippen molar-refractivity contribution >= 4 is 55.9 Å². The largest absolute Gasteiger partial charge is 0.254 e. The van der Waals surface area contributed by atoms with Crippen molar-refractivity contribution in [1.29, 1.82) is 0 Å². The molecule has 0 aliphatic heterocycles. The van der Waals surface area contributed by atoms with Crippen LogP contribution in [0, 0.1) is 0 Å². The van der Waals surface area contributed by atoms with Crippen LogP contribution in [0.3, 0.4) is 0 Å². The fourth-order valence-electron chi connectivity index (χ4n) is 2.58. The van der Waals surface area contributed by atoms with E-state index in [4.69, 9.17) is 0 Å². The van der Waals surface area contributed by atoms with Crippen LogP contribution in [0.1, 0.15) is 0 Å². The molecule has 98 valence electrons. The Labute approximate surface area is 121 Å². The first-order valence-corrected chi connectivity index (χ1v) is 7.06. The van der Waals surface area contributed by atoms with Crippen molar-refractivity contribution in [3.63, 3.8) is 0 Å². The van der Waals surface area contributed by atoms with Crippen molar-refractivity contribution in [1.82, 2.24) is 28.7 Å². The van der Waals surface area contributed by atoms with Crippen LogP contribution in [-0.2, 0) is 0 Å². The lowest BCUT2D eigenvalue weighted by molar-refractivity contribution is 1.34. The van der Waals surface area contributed by atoms with E-state index < -0.39 is 0 Å². The van der Waals surface area contributed by atoms with Gasteiger partial charge in [0, 0.05) is 23.2 Å². The molecule has 0 saturated carbocycles. The van der Waals surface area contributed by atoms with Crippen molar-refractivity contribution in [2.45, 2.75) is 0 Å². The zero-order valence-corrected chi connectivity index (χ0v) is 11.4. The molecule has 0 aliphatic carbocycles. The van der Waals surface area contributed by atoms with Crippen molar-refractivity contribution in [2.24, 2.45) is 0 Å². The van der Waals surface area contributed by atoms with Gasteiger partial charge < -0.3 is 0 Å². The average molecular weight is 290 g/mol. The van der Waals surface area contributed by atoms with Gasteiger partial charge in [-0.1, -0.05) is 0 Å². The normalized spacial score (nSPS) is 11.8. The van der Waals surface area contributed by atoms with E-state index in [2.05, 4.69) is 28.7 Å². The van der Waals surface area contributed by atoms with Crippen LogP contribution in [-0.4, -0.2) is 28.7 Å². The number of fused-ring (bicyclic) bond motifs is 7. The van der Waals surface area contributed by atoms with E-state index in [1.165, 1.54) is 0 Å². The van der Waals surface area contributed by atoms with E-state index in [1.807, 2.05) is 24.3 Å². The van der Waals surface area contributed by atoms with E-state index in [0.717, 1.165) is 44.6 Å². The molecule has 0 fully saturated rings. The highest BCUT2D eigenvalue weighted by Gasteiger charge is 2.14. The minimum Gasteiger partial charge on any atom is -0.254 e. The summed E-state index contributed by atoms with van der Waals surface area (Å²) in [7, 11) is 0. The lowest BCUT2D eigenvalue weighted by Crippen LogP contribution is -1.93. The molecule has 0 amide bonds. The highest BCUT2D eigenvalue weighted by atomic mass is 32.1. The van der Waals surface area contributed by atoms with Gasteiger partial charge in [-0.25, -0.2) is 9.97 Å². The first-order valence-electron chi connectivity index (χ1n) is 6.33. The van der Waals surface area contributed by atoms with Crippen LogP contribution in [0.5, 0.6) is 0 Å². The predicted octanol–water partition coefficient (Wildman–Crippen LogP) is 2.73. The predicted molar refractivity (Wildman–Crippen MR) is 81.1 cm³/mol. The van der Waals surface area contributed by atoms with E-state index in [0.29, 0.717) is 11.3 Å². The maximum Gasteiger partial charge on any atom is 0.213 e. The summed E-state index contributed by atoms with van der Waals surface area (Å²) in [5, 5.41) is 1.86. The average Bonchev–Trinajstić information content (AvgIpc) is 3.01. The third kappa shape index (κ3) is 1.40. The molecule has 0 spiro atoms. The van der Waals surface area contributed by atoms with Gasteiger partial charge in [-0.2, -0.15) is 8.75 Å². The molecule has 5 aromatic rings. The van der Waals surface area contributed by atoms with E-state index >= 15 is 0 Å². The van der Waals surface area contributed by atoms with Crippen molar-refractivity contribution < 1.29 is 0 Å². The molecular weight excluding hydrogens is 284 g/mol. The van der Waals surface area contributed by atoms with Gasteiger partial charge in [-0.3, -0.25) is 9.97 Å². The lowest BCUT2D eigenvalue weighted by atomic mass is 10.1. The summed E-state index contributed by atoms with van der Waals surface area (Å²) in [4.78, 5) is 18.2. The molecule has 0 atom stereocenters. The molecule has 4 heterocycles. The van der Waals surface area contributed by atoms with Crippen LogP contribution >= 0.6 is 11.7 Å². The summed E-state index contributed by atoms with van der Waals surface area (Å²) < 4.78 is 8.35. The summed E-state index contributed by atoms with van der Waals surface area (Å²) >= 11 is 1.12. The molecule has 1 aromatic carbocycles. The molecule has 0 saturated heterocycles. The first kappa shape index (κ1) is 10.9. The van der Waals surface area contributed by atoms with Gasteiger partial charge >= 0.3 is 0 Å². The second-order valence-electron chi connectivity index (χ2n) is 4.63. The Morgan fingerprint density at radius 1 is 0.667 bits per heavy atom. The zero-order chi connectivity index (χ0) is 13.8. The Morgan fingerprint density at radius 2 is 1.19 bits per heavy atom. The maximum absolute atomic E-state index is 4.62. The van der Waals surface area contributed by atoms with E-state index in [-0.39, 0.29) is 0 Å². The zero-order valence-electron chi connectivity index (χ0n) is 10.6. The van der Waals surface area contributed by atoms with Crippen LogP contribution in [0.4, 0.5) is 0 Å². The molecule has 6 nitrogen and oxygen atoms in total. The summed E-state index contributed by atoms with van der Waals surface area (Å²) in [6.45, 7) is 0. The SMILES string of the molecule is c1cnc2c(c1)c1nc3nsnc3nc1c1cccnc12. The summed E-state index contributed by atoms with van der Waals surface area (Å²) in [6, 6.07) is 7.75. The number of hydrogen-bond donors (Lipinski definition) is 0. The number of benzene rings is 1. The minimum atomic E-state index is 0.570. The number of hydrogen-bond acceptors (Lipinski definition) is 7. The number of pyridine rings is 2. The smallest absolute Gasteiger partial charge is 0.213 e. The fraction of sp³-hybridized carbons (Fsp3) is 0. The Hall–Kier alpha value is -2.80. The van der Waals surface area contributed by atoms with Crippen LogP contribution in [0.25, 0.3) is 44.1 Å². The van der Waals surface area contributed by atoms with Crippen LogP contribution in [0.2, 0.25) is 0 Å². The van der Waals surface area contributed by atoms with Gasteiger partial charge in [0.25, 0.3) is 0 Å². The van der Waals surface area contributed by atoms with E-state index in [9.17, 15) is 0 Å². The maximum atomic E-state index is 4.62. The number of aromatic nitrogens is 6. The van der Waals surface area contributed by atoms with Gasteiger partial charge in [-0.15, -0.1) is 0 Å². The highest BCUT2D eigenvalue weighted by molar-refractivity contribution is 7.00. The summed E-state index contributed by atoms with van der Waals surface area (Å²) in [5.74, 6) is 0. The Bertz CT molecular complexity index is 1060. The van der Waals surface area contributed by atoms with Gasteiger partial charge in [0.1, 0.15) is 11.0 Å². The topological polar surface area (TPSA) is 77.3 Å². The first-order chi connectivity index (χ1) is 10.4. The molecule has 0 radical (unpaired) electrons. The Morgan fingerprint density at radius 3 is 1.71 bits per heavy atom. The Balaban J connectivity index is 2.21. The van der Waals surface area contributed by atoms with Crippen molar-refractivity contribution in [2.75, 3.05) is 0 Å². The summed E-state index contributed by atoms with van der Waals surface area (Å²) in [6.07, 6.45) is 3.53. The molecule has 21 heavy (non-hydrogen) atoms. The molecule has 4 aromatic heterocycles. The summed E-state index contributed by atoms with van der Waals surface area (Å²) in [5.41, 5.74) is 4.38. The van der Waals surface area contributed by atoms with E-state index in [1.54, 1.807) is 12.4 Å². The van der Waals surface area contributed by atoms with Crippen LogP contribution < -0.4 is 0 Å². The standard InChI is InChI=1S/C14H6N6S/c1-3-7-9(15-5-1)10-8(4-2-6-16-10)12-11(7)17-13-14(18-12)20-21-19-13/h1-6H. The highest BCUT2D eigenvalue weighted by Crippen LogP contribution is 2.31. The molecule has 7 heteroatoms. The fourth-order valence-corrected chi connectivity index (χ4v) is 3.02. The molecule has 5 rings (SSSR count). The number of rotatable bonds is 0. The quantitative estimate of drug-likeness (QED) is 0.408. The molecule has 0 bridgehead atoms. The Kier molecular flexibility index (Phi) is 2.01. The molecule has 0 unspecified atom stereocenters. The third-order valence-electron chi connectivity index (χ3n) is 3.46. The second kappa shape index (κ2) is 3.86. The van der Waals surface area contributed by atoms with Crippen LogP contribution in [0.15, 0.2) is 36.7 Å². The molecular formula is C14H6N6S. The van der Waals surface area contributed by atoms with Gasteiger partial charge in [0.15, 0.2) is 0 Å². The molecule has 0 N–H and O–H groups in total. The van der Waals surface area contributed by atoms with Crippen molar-refractivity contribution in [3.8, 4) is 0 Å². The lowest BCUT2D eigenvalue weighted by Gasteiger charge is -2.06. The van der Waals surface area contributed by atoms with Gasteiger partial charge in [-0.05, 0) is 24.3 Å². The third-order valence-corrected chi connectivity index (χ3v) is 3.97. The van der Waals surface area contributed by atoms with Gasteiger partial charge in [0.2, 0.25) is 11.3 Å². The minimum absolute atomic E-state index is 0.570. The number of nitrogens with zero attached hydrogens (tertiary/aromatic N) is 6. The second-order valence-corrected chi connectivity index (χ2v) is 5.16. The van der Waals surface area contributed by atoms with Crippen molar-refractivity contribution in [3.05, 3.63) is 36.7 Å².